The van der Waals surface area contributed by atoms with E-state index >= 15 is 0 Å². The Morgan fingerprint density at radius 1 is 1.38 bits per heavy atom. The SMILES string of the molecule is Cc1cc(N2CCNC(C)(C)C2)ccc1Br. The maximum Gasteiger partial charge on any atom is 0.0370 e. The molecule has 1 fully saturated rings. The van der Waals surface area contributed by atoms with Crippen LogP contribution in [0.15, 0.2) is 22.7 Å². The normalized spacial score (nSPS) is 19.9. The summed E-state index contributed by atoms with van der Waals surface area (Å²) in [7, 11) is 0. The summed E-state index contributed by atoms with van der Waals surface area (Å²) in [6.07, 6.45) is 0. The molecule has 0 amide bonds. The third-order valence-electron chi connectivity index (χ3n) is 3.08. The minimum atomic E-state index is 0.208. The van der Waals surface area contributed by atoms with Gasteiger partial charge in [-0.2, -0.15) is 0 Å². The largest absolute Gasteiger partial charge is 0.368 e. The van der Waals surface area contributed by atoms with Crippen molar-refractivity contribution in [3.63, 3.8) is 0 Å². The standard InChI is InChI=1S/C13H19BrN2/c1-10-8-11(4-5-12(10)14)16-7-6-15-13(2,3)9-16/h4-5,8,15H,6-7,9H2,1-3H3. The van der Waals surface area contributed by atoms with Gasteiger partial charge in [0.1, 0.15) is 0 Å². The Bertz CT molecular complexity index is 388. The molecule has 3 heteroatoms. The van der Waals surface area contributed by atoms with Crippen LogP contribution in [0.1, 0.15) is 19.4 Å². The predicted octanol–water partition coefficient (Wildman–Crippen LogP) is 2.95. The van der Waals surface area contributed by atoms with Crippen molar-refractivity contribution >= 4 is 21.6 Å². The summed E-state index contributed by atoms with van der Waals surface area (Å²) in [4.78, 5) is 2.45. The highest BCUT2D eigenvalue weighted by Gasteiger charge is 2.25. The quantitative estimate of drug-likeness (QED) is 0.852. The van der Waals surface area contributed by atoms with Crippen molar-refractivity contribution in [3.05, 3.63) is 28.2 Å². The molecule has 0 saturated carbocycles. The molecule has 0 atom stereocenters. The van der Waals surface area contributed by atoms with Crippen molar-refractivity contribution in [2.45, 2.75) is 26.3 Å². The summed E-state index contributed by atoms with van der Waals surface area (Å²) in [5, 5.41) is 3.53. The molecule has 16 heavy (non-hydrogen) atoms. The lowest BCUT2D eigenvalue weighted by atomic mass is 10.0. The smallest absolute Gasteiger partial charge is 0.0370 e. The highest BCUT2D eigenvalue weighted by molar-refractivity contribution is 9.10. The molecule has 1 heterocycles. The zero-order chi connectivity index (χ0) is 11.8. The van der Waals surface area contributed by atoms with Crippen LogP contribution in [0.5, 0.6) is 0 Å². The predicted molar refractivity (Wildman–Crippen MR) is 73.2 cm³/mol. The fourth-order valence-electron chi connectivity index (χ4n) is 2.19. The molecule has 1 N–H and O–H groups in total. The lowest BCUT2D eigenvalue weighted by Crippen LogP contribution is -2.57. The molecule has 1 aliphatic heterocycles. The van der Waals surface area contributed by atoms with E-state index in [9.17, 15) is 0 Å². The topological polar surface area (TPSA) is 15.3 Å². The first-order chi connectivity index (χ1) is 7.48. The molecule has 1 saturated heterocycles. The highest BCUT2D eigenvalue weighted by Crippen LogP contribution is 2.25. The fraction of sp³-hybridized carbons (Fsp3) is 0.538. The number of benzene rings is 1. The van der Waals surface area contributed by atoms with Crippen molar-refractivity contribution in [1.82, 2.24) is 5.32 Å². The summed E-state index contributed by atoms with van der Waals surface area (Å²) in [5.74, 6) is 0. The average molecular weight is 283 g/mol. The molecule has 0 aromatic heterocycles. The first-order valence-electron chi connectivity index (χ1n) is 5.74. The number of anilines is 1. The lowest BCUT2D eigenvalue weighted by molar-refractivity contribution is 0.353. The summed E-state index contributed by atoms with van der Waals surface area (Å²) in [6, 6.07) is 6.59. The van der Waals surface area contributed by atoms with E-state index in [4.69, 9.17) is 0 Å². The number of piperazine rings is 1. The van der Waals surface area contributed by atoms with E-state index in [0.29, 0.717) is 0 Å². The first-order valence-corrected chi connectivity index (χ1v) is 6.53. The van der Waals surface area contributed by atoms with E-state index in [1.165, 1.54) is 15.7 Å². The van der Waals surface area contributed by atoms with Crippen LogP contribution < -0.4 is 10.2 Å². The molecule has 2 nitrogen and oxygen atoms in total. The second-order valence-electron chi connectivity index (χ2n) is 5.17. The van der Waals surface area contributed by atoms with Crippen molar-refractivity contribution in [2.24, 2.45) is 0 Å². The zero-order valence-electron chi connectivity index (χ0n) is 10.2. The Labute approximate surface area is 106 Å². The van der Waals surface area contributed by atoms with Crippen LogP contribution in [0.3, 0.4) is 0 Å². The molecule has 0 radical (unpaired) electrons. The van der Waals surface area contributed by atoms with E-state index in [2.05, 4.69) is 65.1 Å². The van der Waals surface area contributed by atoms with Crippen molar-refractivity contribution in [2.75, 3.05) is 24.5 Å². The van der Waals surface area contributed by atoms with Crippen molar-refractivity contribution in [3.8, 4) is 0 Å². The molecule has 0 bridgehead atoms. The van der Waals surface area contributed by atoms with Gasteiger partial charge in [-0.1, -0.05) is 15.9 Å². The Morgan fingerprint density at radius 3 is 2.75 bits per heavy atom. The summed E-state index contributed by atoms with van der Waals surface area (Å²) in [6.45, 7) is 9.86. The monoisotopic (exact) mass is 282 g/mol. The average Bonchev–Trinajstić information content (AvgIpc) is 2.20. The molecule has 88 valence electrons. The first kappa shape index (κ1) is 11.9. The Balaban J connectivity index is 2.20. The minimum absolute atomic E-state index is 0.208. The number of nitrogens with zero attached hydrogens (tertiary/aromatic N) is 1. The number of hydrogen-bond donors (Lipinski definition) is 1. The van der Waals surface area contributed by atoms with Gasteiger partial charge >= 0.3 is 0 Å². The van der Waals surface area contributed by atoms with E-state index in [0.717, 1.165) is 19.6 Å². The highest BCUT2D eigenvalue weighted by atomic mass is 79.9. The van der Waals surface area contributed by atoms with E-state index in [1.54, 1.807) is 0 Å². The third-order valence-corrected chi connectivity index (χ3v) is 3.97. The molecule has 0 spiro atoms. The van der Waals surface area contributed by atoms with Crippen molar-refractivity contribution < 1.29 is 0 Å². The van der Waals surface area contributed by atoms with Gasteiger partial charge in [0.25, 0.3) is 0 Å². The van der Waals surface area contributed by atoms with Gasteiger partial charge in [-0.3, -0.25) is 0 Å². The second kappa shape index (κ2) is 4.38. The van der Waals surface area contributed by atoms with Gasteiger partial charge in [-0.05, 0) is 44.5 Å². The van der Waals surface area contributed by atoms with Gasteiger partial charge in [0.15, 0.2) is 0 Å². The summed E-state index contributed by atoms with van der Waals surface area (Å²) < 4.78 is 1.19. The Morgan fingerprint density at radius 2 is 2.12 bits per heavy atom. The maximum atomic E-state index is 3.54. The Kier molecular flexibility index (Phi) is 3.27. The number of nitrogens with one attached hydrogen (secondary N) is 1. The number of hydrogen-bond acceptors (Lipinski definition) is 2. The van der Waals surface area contributed by atoms with E-state index in [1.807, 2.05) is 0 Å². The van der Waals surface area contributed by atoms with Crippen LogP contribution in [0.25, 0.3) is 0 Å². The second-order valence-corrected chi connectivity index (χ2v) is 6.02. The molecule has 0 unspecified atom stereocenters. The number of aryl methyl sites for hydroxylation is 1. The van der Waals surface area contributed by atoms with E-state index in [-0.39, 0.29) is 5.54 Å². The van der Waals surface area contributed by atoms with E-state index < -0.39 is 0 Å². The van der Waals surface area contributed by atoms with Gasteiger partial charge in [-0.15, -0.1) is 0 Å². The van der Waals surface area contributed by atoms with Crippen molar-refractivity contribution in [1.29, 1.82) is 0 Å². The van der Waals surface area contributed by atoms with Gasteiger partial charge in [-0.25, -0.2) is 0 Å². The Hall–Kier alpha value is -0.540. The van der Waals surface area contributed by atoms with Gasteiger partial charge in [0.2, 0.25) is 0 Å². The zero-order valence-corrected chi connectivity index (χ0v) is 11.8. The molecular formula is C13H19BrN2. The van der Waals surface area contributed by atoms with Crippen LogP contribution in [0, 0.1) is 6.92 Å². The molecule has 1 aromatic rings. The maximum absolute atomic E-state index is 3.54. The summed E-state index contributed by atoms with van der Waals surface area (Å²) in [5.41, 5.74) is 2.84. The van der Waals surface area contributed by atoms with Gasteiger partial charge in [0, 0.05) is 35.3 Å². The van der Waals surface area contributed by atoms with Gasteiger partial charge < -0.3 is 10.2 Å². The molecule has 1 aromatic carbocycles. The molecule has 0 aliphatic carbocycles. The van der Waals surface area contributed by atoms with Crippen LogP contribution >= 0.6 is 15.9 Å². The number of rotatable bonds is 1. The van der Waals surface area contributed by atoms with Crippen LogP contribution in [0.4, 0.5) is 5.69 Å². The third kappa shape index (κ3) is 2.58. The molecule has 1 aliphatic rings. The number of halogens is 1. The van der Waals surface area contributed by atoms with Crippen LogP contribution in [-0.4, -0.2) is 25.2 Å². The minimum Gasteiger partial charge on any atom is -0.368 e. The fourth-order valence-corrected chi connectivity index (χ4v) is 2.43. The molecular weight excluding hydrogens is 264 g/mol. The van der Waals surface area contributed by atoms with Crippen LogP contribution in [-0.2, 0) is 0 Å². The van der Waals surface area contributed by atoms with Gasteiger partial charge in [0.05, 0.1) is 0 Å². The van der Waals surface area contributed by atoms with Crippen LogP contribution in [0.2, 0.25) is 0 Å². The lowest BCUT2D eigenvalue weighted by Gasteiger charge is -2.40. The summed E-state index contributed by atoms with van der Waals surface area (Å²) >= 11 is 3.54. The molecule has 2 rings (SSSR count).